The number of amides is 3. The number of methoxy groups -OCH3 is 1. The van der Waals surface area contributed by atoms with Crippen LogP contribution in [0.5, 0.6) is 5.75 Å². The van der Waals surface area contributed by atoms with Gasteiger partial charge in [-0.2, -0.15) is 0 Å². The summed E-state index contributed by atoms with van der Waals surface area (Å²) in [5.41, 5.74) is 4.08. The average molecular weight is 529 g/mol. The lowest BCUT2D eigenvalue weighted by Gasteiger charge is -2.40. The van der Waals surface area contributed by atoms with E-state index in [1.807, 2.05) is 80.7 Å². The Bertz CT molecular complexity index is 1480. The number of rotatable bonds is 6. The van der Waals surface area contributed by atoms with E-state index in [2.05, 4.69) is 9.88 Å². The molecule has 194 valence electrons. The third kappa shape index (κ3) is 4.85. The van der Waals surface area contributed by atoms with E-state index in [1.54, 1.807) is 36.3 Å². The number of halogens is 1. The molecule has 7 nitrogen and oxygen atoms in total. The Morgan fingerprint density at radius 3 is 2.47 bits per heavy atom. The maximum atomic E-state index is 14.2. The molecule has 1 unspecified atom stereocenters. The third-order valence-electron chi connectivity index (χ3n) is 6.66. The minimum atomic E-state index is -0.415. The zero-order valence-corrected chi connectivity index (χ0v) is 22.2. The molecule has 38 heavy (non-hydrogen) atoms. The second-order valence-electron chi connectivity index (χ2n) is 9.40. The first kappa shape index (κ1) is 25.4. The Morgan fingerprint density at radius 2 is 1.74 bits per heavy atom. The quantitative estimate of drug-likeness (QED) is 0.310. The van der Waals surface area contributed by atoms with Gasteiger partial charge in [-0.25, -0.2) is 4.79 Å². The van der Waals surface area contributed by atoms with Gasteiger partial charge in [0.25, 0.3) is 0 Å². The SMILES string of the molecule is COc1cccc(NC(=O)N(CC(=O)N2c3ccccc3-n3cccc3C2c2cccc(Cl)c2)C(C)C)c1. The van der Waals surface area contributed by atoms with E-state index in [0.29, 0.717) is 16.5 Å². The Labute approximate surface area is 227 Å². The van der Waals surface area contributed by atoms with Crippen molar-refractivity contribution in [3.63, 3.8) is 0 Å². The number of carbonyl (C=O) groups is 2. The second kappa shape index (κ2) is 10.6. The van der Waals surface area contributed by atoms with Crippen LogP contribution in [-0.2, 0) is 4.79 Å². The minimum absolute atomic E-state index is 0.112. The highest BCUT2D eigenvalue weighted by Crippen LogP contribution is 2.42. The summed E-state index contributed by atoms with van der Waals surface area (Å²) in [5.74, 6) is 0.427. The molecular weight excluding hydrogens is 500 g/mol. The number of carbonyl (C=O) groups excluding carboxylic acids is 2. The fraction of sp³-hybridized carbons (Fsp3) is 0.200. The summed E-state index contributed by atoms with van der Waals surface area (Å²) >= 11 is 6.38. The van der Waals surface area contributed by atoms with Gasteiger partial charge in [0.2, 0.25) is 5.91 Å². The highest BCUT2D eigenvalue weighted by atomic mass is 35.5. The van der Waals surface area contributed by atoms with E-state index in [4.69, 9.17) is 16.3 Å². The first-order valence-electron chi connectivity index (χ1n) is 12.4. The third-order valence-corrected chi connectivity index (χ3v) is 6.90. The second-order valence-corrected chi connectivity index (χ2v) is 9.83. The highest BCUT2D eigenvalue weighted by Gasteiger charge is 2.37. The van der Waals surface area contributed by atoms with Crippen molar-refractivity contribution in [1.29, 1.82) is 0 Å². The van der Waals surface area contributed by atoms with Gasteiger partial charge in [0, 0.05) is 29.0 Å². The summed E-state index contributed by atoms with van der Waals surface area (Å²) < 4.78 is 7.37. The molecule has 3 aromatic carbocycles. The number of urea groups is 1. The van der Waals surface area contributed by atoms with Crippen LogP contribution in [0.2, 0.25) is 5.02 Å². The monoisotopic (exact) mass is 528 g/mol. The van der Waals surface area contributed by atoms with Crippen molar-refractivity contribution in [3.05, 3.63) is 107 Å². The van der Waals surface area contributed by atoms with Crippen LogP contribution in [0.4, 0.5) is 16.2 Å². The molecule has 1 atom stereocenters. The molecule has 0 radical (unpaired) electrons. The predicted octanol–water partition coefficient (Wildman–Crippen LogP) is 6.52. The molecule has 0 saturated heterocycles. The summed E-state index contributed by atoms with van der Waals surface area (Å²) in [7, 11) is 1.57. The summed E-state index contributed by atoms with van der Waals surface area (Å²) in [6.07, 6.45) is 2.00. The number of nitrogens with zero attached hydrogens (tertiary/aromatic N) is 3. The van der Waals surface area contributed by atoms with Gasteiger partial charge in [0.05, 0.1) is 24.2 Å². The van der Waals surface area contributed by atoms with Gasteiger partial charge in [0.1, 0.15) is 18.3 Å². The summed E-state index contributed by atoms with van der Waals surface area (Å²) in [6.45, 7) is 3.67. The maximum Gasteiger partial charge on any atom is 0.322 e. The standard InChI is InChI=1S/C30H29ClN4O3/c1-20(2)34(30(37)32-23-11-7-12-24(18-23)38-3)19-28(36)35-26-14-5-4-13-25(26)33-16-8-15-27(33)29(35)21-9-6-10-22(31)17-21/h4-18,20,29H,19H2,1-3H3,(H,32,37). The van der Waals surface area contributed by atoms with Gasteiger partial charge in [-0.3, -0.25) is 9.69 Å². The summed E-state index contributed by atoms with van der Waals surface area (Å²) in [5, 5.41) is 3.49. The molecule has 1 aliphatic rings. The molecule has 4 aromatic rings. The van der Waals surface area contributed by atoms with E-state index in [0.717, 1.165) is 22.6 Å². The smallest absolute Gasteiger partial charge is 0.322 e. The highest BCUT2D eigenvalue weighted by molar-refractivity contribution is 6.30. The molecular formula is C30H29ClN4O3. The number of fused-ring (bicyclic) bond motifs is 3. The molecule has 3 amide bonds. The van der Waals surface area contributed by atoms with Crippen LogP contribution in [-0.4, -0.2) is 41.1 Å². The van der Waals surface area contributed by atoms with Crippen LogP contribution in [0.1, 0.15) is 31.1 Å². The van der Waals surface area contributed by atoms with Crippen molar-refractivity contribution < 1.29 is 14.3 Å². The zero-order chi connectivity index (χ0) is 26.8. The molecule has 2 heterocycles. The van der Waals surface area contributed by atoms with Crippen molar-refractivity contribution in [2.24, 2.45) is 0 Å². The molecule has 5 rings (SSSR count). The van der Waals surface area contributed by atoms with Gasteiger partial charge < -0.3 is 19.5 Å². The van der Waals surface area contributed by atoms with Crippen molar-refractivity contribution in [2.45, 2.75) is 25.9 Å². The summed E-state index contributed by atoms with van der Waals surface area (Å²) in [6, 6.07) is 25.4. The predicted molar refractivity (Wildman–Crippen MR) is 150 cm³/mol. The van der Waals surface area contributed by atoms with Crippen LogP contribution >= 0.6 is 11.6 Å². The van der Waals surface area contributed by atoms with E-state index < -0.39 is 6.04 Å². The van der Waals surface area contributed by atoms with Crippen LogP contribution in [0.3, 0.4) is 0 Å². The molecule has 1 aromatic heterocycles. The van der Waals surface area contributed by atoms with Gasteiger partial charge in [-0.1, -0.05) is 41.9 Å². The Kier molecular flexibility index (Phi) is 7.11. The zero-order valence-electron chi connectivity index (χ0n) is 21.5. The van der Waals surface area contributed by atoms with Crippen molar-refractivity contribution in [2.75, 3.05) is 23.9 Å². The lowest BCUT2D eigenvalue weighted by Crippen LogP contribution is -2.49. The van der Waals surface area contributed by atoms with Crippen molar-refractivity contribution in [1.82, 2.24) is 9.47 Å². The van der Waals surface area contributed by atoms with Gasteiger partial charge in [-0.15, -0.1) is 0 Å². The van der Waals surface area contributed by atoms with Crippen LogP contribution in [0.15, 0.2) is 91.1 Å². The number of nitrogens with one attached hydrogen (secondary N) is 1. The minimum Gasteiger partial charge on any atom is -0.497 e. The normalized spacial score (nSPS) is 14.0. The number of hydrogen-bond donors (Lipinski definition) is 1. The van der Waals surface area contributed by atoms with E-state index in [-0.39, 0.29) is 24.5 Å². The maximum absolute atomic E-state index is 14.2. The largest absolute Gasteiger partial charge is 0.497 e. The molecule has 0 saturated carbocycles. The van der Waals surface area contributed by atoms with Crippen LogP contribution in [0.25, 0.3) is 5.69 Å². The Balaban J connectivity index is 1.51. The Hall–Kier alpha value is -4.23. The van der Waals surface area contributed by atoms with Crippen molar-refractivity contribution >= 4 is 34.9 Å². The topological polar surface area (TPSA) is 66.8 Å². The molecule has 0 spiro atoms. The molecule has 1 N–H and O–H groups in total. The number of ether oxygens (including phenoxy) is 1. The molecule has 0 fully saturated rings. The number of aromatic nitrogens is 1. The van der Waals surface area contributed by atoms with Gasteiger partial charge in [0.15, 0.2) is 0 Å². The van der Waals surface area contributed by atoms with Crippen LogP contribution < -0.4 is 15.0 Å². The molecule has 0 aliphatic carbocycles. The molecule has 1 aliphatic heterocycles. The van der Waals surface area contributed by atoms with Gasteiger partial charge in [-0.05, 0) is 67.9 Å². The molecule has 0 bridgehead atoms. The first-order chi connectivity index (χ1) is 18.4. The average Bonchev–Trinajstić information content (AvgIpc) is 3.40. The fourth-order valence-corrected chi connectivity index (χ4v) is 5.06. The first-order valence-corrected chi connectivity index (χ1v) is 12.8. The number of anilines is 2. The molecule has 8 heteroatoms. The lowest BCUT2D eigenvalue weighted by atomic mass is 9.97. The fourth-order valence-electron chi connectivity index (χ4n) is 4.86. The number of hydrogen-bond acceptors (Lipinski definition) is 3. The number of benzene rings is 3. The lowest BCUT2D eigenvalue weighted by molar-refractivity contribution is -0.119. The van der Waals surface area contributed by atoms with Crippen molar-refractivity contribution in [3.8, 4) is 11.4 Å². The van der Waals surface area contributed by atoms with E-state index in [9.17, 15) is 9.59 Å². The van der Waals surface area contributed by atoms with Gasteiger partial charge >= 0.3 is 6.03 Å². The van der Waals surface area contributed by atoms with E-state index >= 15 is 0 Å². The van der Waals surface area contributed by atoms with Crippen LogP contribution in [0, 0.1) is 0 Å². The summed E-state index contributed by atoms with van der Waals surface area (Å²) in [4.78, 5) is 30.8. The van der Waals surface area contributed by atoms with E-state index in [1.165, 1.54) is 4.90 Å². The Morgan fingerprint density at radius 1 is 0.974 bits per heavy atom. The number of para-hydroxylation sites is 2.